The Labute approximate surface area is 107 Å². The van der Waals surface area contributed by atoms with Crippen molar-refractivity contribution in [1.29, 1.82) is 0 Å². The Bertz CT molecular complexity index is 356. The number of aliphatic hydroxyl groups is 1. The van der Waals surface area contributed by atoms with Crippen molar-refractivity contribution in [2.45, 2.75) is 37.4 Å². The minimum absolute atomic E-state index is 0.439. The van der Waals surface area contributed by atoms with Gasteiger partial charge in [0.1, 0.15) is 5.82 Å². The maximum atomic E-state index is 9.45. The topological polar surface area (TPSA) is 36.4 Å². The van der Waals surface area contributed by atoms with Crippen LogP contribution >= 0.6 is 11.8 Å². The fourth-order valence-electron chi connectivity index (χ4n) is 2.20. The lowest BCUT2D eigenvalue weighted by molar-refractivity contribution is 0.199. The molecular weight excluding hydrogens is 232 g/mol. The molecular formula is C13H20N2OS. The van der Waals surface area contributed by atoms with Crippen LogP contribution in [0.5, 0.6) is 0 Å². The molecule has 1 N–H and O–H groups in total. The Morgan fingerprint density at radius 1 is 1.35 bits per heavy atom. The third kappa shape index (κ3) is 3.13. The van der Waals surface area contributed by atoms with E-state index < -0.39 is 6.10 Å². The number of pyridine rings is 1. The van der Waals surface area contributed by atoms with E-state index in [1.54, 1.807) is 13.1 Å². The highest BCUT2D eigenvalue weighted by Crippen LogP contribution is 2.27. The standard InChI is InChI=1S/C13H20N2OS/c1-9-7-15(8-10(2)17-9)13-5-4-12(6-14-13)11(3)16/h4-6,9-11,16H,7-8H2,1-3H3. The number of thioether (sulfide) groups is 1. The minimum Gasteiger partial charge on any atom is -0.389 e. The second kappa shape index (κ2) is 5.27. The molecule has 1 aliphatic heterocycles. The van der Waals surface area contributed by atoms with Gasteiger partial charge in [0.25, 0.3) is 0 Å². The van der Waals surface area contributed by atoms with Crippen LogP contribution in [0.3, 0.4) is 0 Å². The molecule has 2 rings (SSSR count). The van der Waals surface area contributed by atoms with Gasteiger partial charge in [0.2, 0.25) is 0 Å². The Kier molecular flexibility index (Phi) is 3.94. The third-order valence-electron chi connectivity index (χ3n) is 3.00. The molecule has 1 aliphatic rings. The predicted molar refractivity (Wildman–Crippen MR) is 73.6 cm³/mol. The van der Waals surface area contributed by atoms with Crippen LogP contribution in [0.4, 0.5) is 5.82 Å². The molecule has 0 radical (unpaired) electrons. The fourth-order valence-corrected chi connectivity index (χ4v) is 3.52. The van der Waals surface area contributed by atoms with Crippen molar-refractivity contribution >= 4 is 17.6 Å². The Morgan fingerprint density at radius 3 is 2.47 bits per heavy atom. The van der Waals surface area contributed by atoms with Crippen molar-refractivity contribution in [2.75, 3.05) is 18.0 Å². The van der Waals surface area contributed by atoms with Crippen molar-refractivity contribution in [3.63, 3.8) is 0 Å². The molecule has 0 spiro atoms. The van der Waals surface area contributed by atoms with E-state index >= 15 is 0 Å². The maximum Gasteiger partial charge on any atom is 0.128 e. The van der Waals surface area contributed by atoms with E-state index in [0.29, 0.717) is 10.5 Å². The summed E-state index contributed by atoms with van der Waals surface area (Å²) in [7, 11) is 0. The predicted octanol–water partition coefficient (Wildman–Crippen LogP) is 2.47. The summed E-state index contributed by atoms with van der Waals surface area (Å²) in [5, 5.41) is 10.8. The van der Waals surface area contributed by atoms with Gasteiger partial charge in [-0.3, -0.25) is 0 Å². The second-order valence-electron chi connectivity index (χ2n) is 4.79. The lowest BCUT2D eigenvalue weighted by Crippen LogP contribution is -2.40. The van der Waals surface area contributed by atoms with E-state index in [4.69, 9.17) is 0 Å². The summed E-state index contributed by atoms with van der Waals surface area (Å²) in [5.74, 6) is 1.02. The zero-order valence-electron chi connectivity index (χ0n) is 10.6. The minimum atomic E-state index is -0.439. The lowest BCUT2D eigenvalue weighted by Gasteiger charge is -2.35. The number of aromatic nitrogens is 1. The van der Waals surface area contributed by atoms with Crippen LogP contribution in [0, 0.1) is 0 Å². The monoisotopic (exact) mass is 252 g/mol. The number of nitrogens with zero attached hydrogens (tertiary/aromatic N) is 2. The highest BCUT2D eigenvalue weighted by atomic mass is 32.2. The molecule has 3 nitrogen and oxygen atoms in total. The van der Waals surface area contributed by atoms with Crippen LogP contribution in [0.15, 0.2) is 18.3 Å². The number of anilines is 1. The largest absolute Gasteiger partial charge is 0.389 e. The molecule has 0 saturated carbocycles. The molecule has 1 aromatic heterocycles. The first kappa shape index (κ1) is 12.7. The first-order valence-electron chi connectivity index (χ1n) is 6.10. The van der Waals surface area contributed by atoms with Crippen molar-refractivity contribution in [1.82, 2.24) is 4.98 Å². The first-order valence-corrected chi connectivity index (χ1v) is 7.05. The number of aliphatic hydroxyl groups excluding tert-OH is 1. The molecule has 17 heavy (non-hydrogen) atoms. The quantitative estimate of drug-likeness (QED) is 0.877. The third-order valence-corrected chi connectivity index (χ3v) is 4.22. The molecule has 1 aromatic rings. The molecule has 4 heteroatoms. The SMILES string of the molecule is CC1CN(c2ccc(C(C)O)cn2)CC(C)S1. The maximum absolute atomic E-state index is 9.45. The molecule has 0 aromatic carbocycles. The molecule has 3 unspecified atom stereocenters. The molecule has 94 valence electrons. The molecule has 1 fully saturated rings. The molecule has 0 bridgehead atoms. The summed E-state index contributed by atoms with van der Waals surface area (Å²) >= 11 is 2.04. The normalized spacial score (nSPS) is 26.9. The van der Waals surface area contributed by atoms with Crippen LogP contribution in [0.25, 0.3) is 0 Å². The van der Waals surface area contributed by atoms with E-state index in [0.717, 1.165) is 24.5 Å². The Hall–Kier alpha value is -0.740. The van der Waals surface area contributed by atoms with Crippen LogP contribution in [-0.2, 0) is 0 Å². The van der Waals surface area contributed by atoms with Gasteiger partial charge in [-0.2, -0.15) is 11.8 Å². The highest BCUT2D eigenvalue weighted by Gasteiger charge is 2.23. The Morgan fingerprint density at radius 2 is 2.00 bits per heavy atom. The van der Waals surface area contributed by atoms with E-state index in [-0.39, 0.29) is 0 Å². The van der Waals surface area contributed by atoms with Crippen molar-refractivity contribution in [2.24, 2.45) is 0 Å². The zero-order chi connectivity index (χ0) is 12.4. The summed E-state index contributed by atoms with van der Waals surface area (Å²) in [4.78, 5) is 6.78. The van der Waals surface area contributed by atoms with Gasteiger partial charge in [0.05, 0.1) is 6.10 Å². The summed E-state index contributed by atoms with van der Waals surface area (Å²) in [6.07, 6.45) is 1.34. The molecule has 1 saturated heterocycles. The van der Waals surface area contributed by atoms with Crippen molar-refractivity contribution < 1.29 is 5.11 Å². The van der Waals surface area contributed by atoms with Crippen molar-refractivity contribution in [3.05, 3.63) is 23.9 Å². The van der Waals surface area contributed by atoms with Crippen molar-refractivity contribution in [3.8, 4) is 0 Å². The van der Waals surface area contributed by atoms with Gasteiger partial charge in [0, 0.05) is 29.8 Å². The summed E-state index contributed by atoms with van der Waals surface area (Å²) in [5.41, 5.74) is 0.876. The lowest BCUT2D eigenvalue weighted by atomic mass is 10.2. The van der Waals surface area contributed by atoms with Crippen LogP contribution in [0.1, 0.15) is 32.4 Å². The first-order chi connectivity index (χ1) is 8.06. The van der Waals surface area contributed by atoms with E-state index in [1.165, 1.54) is 0 Å². The number of hydrogen-bond acceptors (Lipinski definition) is 4. The molecule has 3 atom stereocenters. The van der Waals surface area contributed by atoms with Gasteiger partial charge < -0.3 is 10.0 Å². The van der Waals surface area contributed by atoms with E-state index in [2.05, 4.69) is 23.7 Å². The van der Waals surface area contributed by atoms with Gasteiger partial charge in [-0.15, -0.1) is 0 Å². The zero-order valence-corrected chi connectivity index (χ0v) is 11.4. The molecule has 0 amide bonds. The Balaban J connectivity index is 2.11. The van der Waals surface area contributed by atoms with Gasteiger partial charge in [0.15, 0.2) is 0 Å². The fraction of sp³-hybridized carbons (Fsp3) is 0.615. The molecule has 0 aliphatic carbocycles. The van der Waals surface area contributed by atoms with Crippen LogP contribution in [0.2, 0.25) is 0 Å². The smallest absolute Gasteiger partial charge is 0.128 e. The highest BCUT2D eigenvalue weighted by molar-refractivity contribution is 8.00. The van der Waals surface area contributed by atoms with Gasteiger partial charge in [-0.1, -0.05) is 19.9 Å². The summed E-state index contributed by atoms with van der Waals surface area (Å²) in [6, 6.07) is 3.97. The summed E-state index contributed by atoms with van der Waals surface area (Å²) in [6.45, 7) is 8.39. The van der Waals surface area contributed by atoms with Gasteiger partial charge in [-0.05, 0) is 18.6 Å². The summed E-state index contributed by atoms with van der Waals surface area (Å²) < 4.78 is 0. The average molecular weight is 252 g/mol. The van der Waals surface area contributed by atoms with Gasteiger partial charge >= 0.3 is 0 Å². The number of hydrogen-bond donors (Lipinski definition) is 1. The van der Waals surface area contributed by atoms with E-state index in [1.807, 2.05) is 23.9 Å². The van der Waals surface area contributed by atoms with Gasteiger partial charge in [-0.25, -0.2) is 4.98 Å². The molecule has 2 heterocycles. The second-order valence-corrected chi connectivity index (χ2v) is 6.67. The average Bonchev–Trinajstić information content (AvgIpc) is 2.28. The van der Waals surface area contributed by atoms with Crippen LogP contribution < -0.4 is 4.90 Å². The number of rotatable bonds is 2. The van der Waals surface area contributed by atoms with E-state index in [9.17, 15) is 5.11 Å². The van der Waals surface area contributed by atoms with Crippen LogP contribution in [-0.4, -0.2) is 33.7 Å².